The number of sulfonamides is 1. The Bertz CT molecular complexity index is 946. The molecule has 0 spiro atoms. The van der Waals surface area contributed by atoms with Crippen LogP contribution in [0.15, 0.2) is 47.4 Å². The molecule has 3 rings (SSSR count). The molecule has 0 unspecified atom stereocenters. The fourth-order valence-electron chi connectivity index (χ4n) is 2.52. The first-order valence-corrected chi connectivity index (χ1v) is 8.78. The third kappa shape index (κ3) is 3.04. The molecule has 24 heavy (non-hydrogen) atoms. The van der Waals surface area contributed by atoms with Crippen molar-refractivity contribution in [2.45, 2.75) is 4.90 Å². The highest BCUT2D eigenvalue weighted by Gasteiger charge is 2.25. The van der Waals surface area contributed by atoms with E-state index in [1.807, 2.05) is 43.3 Å². The zero-order chi connectivity index (χ0) is 17.5. The molecule has 0 radical (unpaired) electrons. The molecule has 0 bridgehead atoms. The van der Waals surface area contributed by atoms with Gasteiger partial charge in [-0.15, -0.1) is 0 Å². The second-order valence-electron chi connectivity index (χ2n) is 5.75. The summed E-state index contributed by atoms with van der Waals surface area (Å²) in [6, 6.07) is 12.0. The van der Waals surface area contributed by atoms with Crippen molar-refractivity contribution in [3.63, 3.8) is 0 Å². The Labute approximate surface area is 140 Å². The molecule has 2 aromatic carbocycles. The van der Waals surface area contributed by atoms with Crippen molar-refractivity contribution in [2.75, 3.05) is 24.3 Å². The highest BCUT2D eigenvalue weighted by Crippen LogP contribution is 2.34. The van der Waals surface area contributed by atoms with E-state index in [0.717, 1.165) is 11.3 Å². The van der Waals surface area contributed by atoms with Gasteiger partial charge in [0.05, 0.1) is 4.90 Å². The lowest BCUT2D eigenvalue weighted by atomic mass is 10.0. The standard InChI is InChI=1S/C17H17N3O3S/c1-20(2)12-5-3-11(4-6-12)9-15-14-10-13(24(18,22)23)7-8-16(14)19-17(15)21/h3-10H,1-2H3,(H,19,21)(H2,18,22,23)/b15-9-. The molecular weight excluding hydrogens is 326 g/mol. The van der Waals surface area contributed by atoms with E-state index in [1.54, 1.807) is 12.1 Å². The van der Waals surface area contributed by atoms with Gasteiger partial charge < -0.3 is 10.2 Å². The number of primary sulfonamides is 1. The number of amides is 1. The summed E-state index contributed by atoms with van der Waals surface area (Å²) in [5.41, 5.74) is 3.41. The molecule has 1 aliphatic heterocycles. The molecule has 124 valence electrons. The van der Waals surface area contributed by atoms with Crippen molar-refractivity contribution in [1.82, 2.24) is 0 Å². The summed E-state index contributed by atoms with van der Waals surface area (Å²) in [5.74, 6) is -0.270. The third-order valence-corrected chi connectivity index (χ3v) is 4.73. The molecule has 2 aromatic rings. The van der Waals surface area contributed by atoms with Gasteiger partial charge in [0, 0.05) is 36.6 Å². The van der Waals surface area contributed by atoms with E-state index in [1.165, 1.54) is 12.1 Å². The highest BCUT2D eigenvalue weighted by molar-refractivity contribution is 7.89. The molecule has 0 saturated heterocycles. The molecule has 3 N–H and O–H groups in total. The normalized spacial score (nSPS) is 15.3. The van der Waals surface area contributed by atoms with Gasteiger partial charge in [-0.1, -0.05) is 12.1 Å². The van der Waals surface area contributed by atoms with Crippen molar-refractivity contribution < 1.29 is 13.2 Å². The lowest BCUT2D eigenvalue weighted by Crippen LogP contribution is -2.12. The SMILES string of the molecule is CN(C)c1ccc(/C=C2\C(=O)Nc3ccc(S(N)(=O)=O)cc32)cc1. The van der Waals surface area contributed by atoms with Crippen LogP contribution in [-0.4, -0.2) is 28.4 Å². The minimum absolute atomic E-state index is 0.0217. The smallest absolute Gasteiger partial charge is 0.256 e. The average Bonchev–Trinajstić information content (AvgIpc) is 2.82. The second-order valence-corrected chi connectivity index (χ2v) is 7.31. The quantitative estimate of drug-likeness (QED) is 0.833. The maximum atomic E-state index is 12.2. The number of benzene rings is 2. The fourth-order valence-corrected chi connectivity index (χ4v) is 3.06. The Morgan fingerprint density at radius 2 is 1.75 bits per heavy atom. The number of fused-ring (bicyclic) bond motifs is 1. The largest absolute Gasteiger partial charge is 0.378 e. The Balaban J connectivity index is 2.05. The first-order valence-electron chi connectivity index (χ1n) is 7.23. The van der Waals surface area contributed by atoms with Crippen LogP contribution in [0, 0.1) is 0 Å². The van der Waals surface area contributed by atoms with E-state index in [9.17, 15) is 13.2 Å². The molecule has 0 aliphatic carbocycles. The number of nitrogens with one attached hydrogen (secondary N) is 1. The molecule has 0 atom stereocenters. The van der Waals surface area contributed by atoms with Gasteiger partial charge in [0.25, 0.3) is 5.91 Å². The topological polar surface area (TPSA) is 92.5 Å². The van der Waals surface area contributed by atoms with Gasteiger partial charge in [-0.3, -0.25) is 4.79 Å². The van der Waals surface area contributed by atoms with Crippen molar-refractivity contribution in [3.05, 3.63) is 53.6 Å². The van der Waals surface area contributed by atoms with Gasteiger partial charge in [-0.2, -0.15) is 0 Å². The Morgan fingerprint density at radius 3 is 2.33 bits per heavy atom. The lowest BCUT2D eigenvalue weighted by Gasteiger charge is -2.12. The van der Waals surface area contributed by atoms with Crippen LogP contribution in [0.1, 0.15) is 11.1 Å². The van der Waals surface area contributed by atoms with Crippen LogP contribution < -0.4 is 15.4 Å². The van der Waals surface area contributed by atoms with Crippen LogP contribution >= 0.6 is 0 Å². The molecule has 1 aliphatic rings. The molecule has 6 nitrogen and oxygen atoms in total. The van der Waals surface area contributed by atoms with Crippen molar-refractivity contribution >= 4 is 39.0 Å². The number of carbonyl (C=O) groups is 1. The molecule has 7 heteroatoms. The van der Waals surface area contributed by atoms with E-state index in [2.05, 4.69) is 5.32 Å². The van der Waals surface area contributed by atoms with Gasteiger partial charge in [-0.05, 0) is 42.0 Å². The zero-order valence-electron chi connectivity index (χ0n) is 13.3. The zero-order valence-corrected chi connectivity index (χ0v) is 14.1. The first kappa shape index (κ1) is 16.2. The van der Waals surface area contributed by atoms with Gasteiger partial charge in [0.1, 0.15) is 0 Å². The van der Waals surface area contributed by atoms with Crippen LogP contribution in [-0.2, 0) is 14.8 Å². The van der Waals surface area contributed by atoms with Crippen LogP contribution in [0.25, 0.3) is 11.6 Å². The predicted octanol–water partition coefficient (Wildman–Crippen LogP) is 1.89. The van der Waals surface area contributed by atoms with Crippen molar-refractivity contribution in [2.24, 2.45) is 5.14 Å². The van der Waals surface area contributed by atoms with E-state index in [4.69, 9.17) is 5.14 Å². The number of nitrogens with two attached hydrogens (primary N) is 1. The monoisotopic (exact) mass is 343 g/mol. The molecule has 1 heterocycles. The van der Waals surface area contributed by atoms with Gasteiger partial charge in [0.15, 0.2) is 0 Å². The third-order valence-electron chi connectivity index (χ3n) is 3.82. The first-order chi connectivity index (χ1) is 11.3. The average molecular weight is 343 g/mol. The van der Waals surface area contributed by atoms with Crippen LogP contribution in [0.4, 0.5) is 11.4 Å². The Kier molecular flexibility index (Phi) is 3.90. The van der Waals surface area contributed by atoms with Crippen LogP contribution in [0.2, 0.25) is 0 Å². The summed E-state index contributed by atoms with van der Waals surface area (Å²) < 4.78 is 23.1. The summed E-state index contributed by atoms with van der Waals surface area (Å²) in [5, 5.41) is 7.90. The highest BCUT2D eigenvalue weighted by atomic mass is 32.2. The molecule has 1 amide bonds. The van der Waals surface area contributed by atoms with E-state index in [0.29, 0.717) is 16.8 Å². The van der Waals surface area contributed by atoms with Crippen LogP contribution in [0.3, 0.4) is 0 Å². The molecule has 0 fully saturated rings. The lowest BCUT2D eigenvalue weighted by molar-refractivity contribution is -0.110. The summed E-state index contributed by atoms with van der Waals surface area (Å²) in [7, 11) is 0.0696. The summed E-state index contributed by atoms with van der Waals surface area (Å²) in [6.45, 7) is 0. The van der Waals surface area contributed by atoms with E-state index < -0.39 is 10.0 Å². The number of rotatable bonds is 3. The summed E-state index contributed by atoms with van der Waals surface area (Å²) in [4.78, 5) is 14.2. The minimum Gasteiger partial charge on any atom is -0.378 e. The molecular formula is C17H17N3O3S. The minimum atomic E-state index is -3.83. The van der Waals surface area contributed by atoms with Gasteiger partial charge in [0.2, 0.25) is 10.0 Å². The Hall–Kier alpha value is -2.64. The Morgan fingerprint density at radius 1 is 1.08 bits per heavy atom. The number of nitrogens with zero attached hydrogens (tertiary/aromatic N) is 1. The summed E-state index contributed by atoms with van der Waals surface area (Å²) >= 11 is 0. The molecule has 0 saturated carbocycles. The number of carbonyl (C=O) groups excluding carboxylic acids is 1. The van der Waals surface area contributed by atoms with Crippen molar-refractivity contribution in [1.29, 1.82) is 0 Å². The summed E-state index contributed by atoms with van der Waals surface area (Å²) in [6.07, 6.45) is 1.73. The number of hydrogen-bond acceptors (Lipinski definition) is 4. The maximum absolute atomic E-state index is 12.2. The van der Waals surface area contributed by atoms with E-state index >= 15 is 0 Å². The number of hydrogen-bond donors (Lipinski definition) is 2. The second kappa shape index (κ2) is 5.77. The maximum Gasteiger partial charge on any atom is 0.256 e. The van der Waals surface area contributed by atoms with E-state index in [-0.39, 0.29) is 10.8 Å². The van der Waals surface area contributed by atoms with Crippen LogP contribution in [0.5, 0.6) is 0 Å². The number of anilines is 2. The fraction of sp³-hybridized carbons (Fsp3) is 0.118. The van der Waals surface area contributed by atoms with Gasteiger partial charge in [-0.25, -0.2) is 13.6 Å². The van der Waals surface area contributed by atoms with Gasteiger partial charge >= 0.3 is 0 Å². The predicted molar refractivity (Wildman–Crippen MR) is 95.1 cm³/mol. The molecule has 0 aromatic heterocycles. The van der Waals surface area contributed by atoms with Crippen molar-refractivity contribution in [3.8, 4) is 0 Å².